The fourth-order valence-electron chi connectivity index (χ4n) is 3.24. The summed E-state index contributed by atoms with van der Waals surface area (Å²) in [6, 6.07) is 8.56. The largest absolute Gasteiger partial charge is 0.497 e. The molecule has 1 aliphatic heterocycles. The van der Waals surface area contributed by atoms with E-state index in [-0.39, 0.29) is 17.3 Å². The average Bonchev–Trinajstić information content (AvgIpc) is 2.99. The minimum absolute atomic E-state index is 0.0409. The molecule has 0 aliphatic carbocycles. The normalized spacial score (nSPS) is 16.1. The Kier molecular flexibility index (Phi) is 3.44. The molecule has 0 bridgehead atoms. The van der Waals surface area contributed by atoms with Crippen molar-refractivity contribution in [2.75, 3.05) is 7.11 Å². The van der Waals surface area contributed by atoms with Crippen LogP contribution in [0.25, 0.3) is 11.0 Å². The summed E-state index contributed by atoms with van der Waals surface area (Å²) in [6.45, 7) is 1.81. The lowest BCUT2D eigenvalue weighted by atomic mass is 9.83. The number of aryl methyl sites for hydroxylation is 1. The number of aromatic amines is 1. The summed E-state index contributed by atoms with van der Waals surface area (Å²) in [6.07, 6.45) is 0. The van der Waals surface area contributed by atoms with Gasteiger partial charge in [-0.3, -0.25) is 5.10 Å². The fraction of sp³-hybridized carbons (Fsp3) is 0.167. The lowest BCUT2D eigenvalue weighted by Crippen LogP contribution is -2.22. The van der Waals surface area contributed by atoms with Crippen LogP contribution in [-0.4, -0.2) is 17.3 Å². The van der Waals surface area contributed by atoms with Crippen molar-refractivity contribution in [2.45, 2.75) is 12.8 Å². The first-order valence-electron chi connectivity index (χ1n) is 7.77. The van der Waals surface area contributed by atoms with Gasteiger partial charge in [0.1, 0.15) is 23.0 Å². The smallest absolute Gasteiger partial charge is 0.336 e. The first-order chi connectivity index (χ1) is 12.5. The highest BCUT2D eigenvalue weighted by Crippen LogP contribution is 2.44. The van der Waals surface area contributed by atoms with Crippen LogP contribution in [-0.2, 0) is 0 Å². The van der Waals surface area contributed by atoms with Crippen molar-refractivity contribution in [1.29, 1.82) is 5.26 Å². The zero-order valence-corrected chi connectivity index (χ0v) is 14.0. The van der Waals surface area contributed by atoms with Crippen LogP contribution in [0.4, 0.5) is 0 Å². The Hall–Kier alpha value is -3.73. The summed E-state index contributed by atoms with van der Waals surface area (Å²) >= 11 is 0. The number of nitrogens with zero attached hydrogens (tertiary/aromatic N) is 2. The van der Waals surface area contributed by atoms with E-state index < -0.39 is 11.5 Å². The number of rotatable bonds is 2. The molecule has 0 radical (unpaired) electrons. The molecular formula is C18H14N4O4. The van der Waals surface area contributed by atoms with Crippen LogP contribution in [0.2, 0.25) is 0 Å². The number of fused-ring (bicyclic) bond motifs is 2. The highest BCUT2D eigenvalue weighted by Gasteiger charge is 2.35. The zero-order chi connectivity index (χ0) is 18.4. The quantitative estimate of drug-likeness (QED) is 0.677. The molecule has 3 aromatic rings. The lowest BCUT2D eigenvalue weighted by Gasteiger charge is -2.24. The van der Waals surface area contributed by atoms with Gasteiger partial charge >= 0.3 is 5.63 Å². The lowest BCUT2D eigenvalue weighted by molar-refractivity contribution is 0.378. The topological polar surface area (TPSA) is 127 Å². The van der Waals surface area contributed by atoms with Crippen molar-refractivity contribution in [1.82, 2.24) is 10.2 Å². The molecule has 0 fully saturated rings. The first kappa shape index (κ1) is 15.8. The molecule has 0 saturated heterocycles. The Morgan fingerprint density at radius 3 is 2.92 bits per heavy atom. The van der Waals surface area contributed by atoms with Crippen LogP contribution in [0.3, 0.4) is 0 Å². The summed E-state index contributed by atoms with van der Waals surface area (Å²) in [5, 5.41) is 17.2. The second-order valence-corrected chi connectivity index (χ2v) is 5.88. The predicted octanol–water partition coefficient (Wildman–Crippen LogP) is 2.05. The van der Waals surface area contributed by atoms with E-state index in [4.69, 9.17) is 19.6 Å². The van der Waals surface area contributed by atoms with Crippen LogP contribution in [0.15, 0.2) is 44.9 Å². The maximum atomic E-state index is 12.1. The molecule has 3 N–H and O–H groups in total. The number of methoxy groups -OCH3 is 1. The number of hydrogen-bond donors (Lipinski definition) is 2. The molecule has 4 rings (SSSR count). The average molecular weight is 350 g/mol. The third-order valence-electron chi connectivity index (χ3n) is 4.42. The number of nitriles is 1. The third-order valence-corrected chi connectivity index (χ3v) is 4.42. The van der Waals surface area contributed by atoms with Gasteiger partial charge in [0.25, 0.3) is 0 Å². The van der Waals surface area contributed by atoms with Gasteiger partial charge in [0.15, 0.2) is 0 Å². The molecule has 0 amide bonds. The minimum Gasteiger partial charge on any atom is -0.497 e. The van der Waals surface area contributed by atoms with Crippen molar-refractivity contribution in [3.63, 3.8) is 0 Å². The Labute approximate surface area is 147 Å². The van der Waals surface area contributed by atoms with E-state index in [1.54, 1.807) is 25.3 Å². The number of nitrogens with one attached hydrogen (secondary N) is 1. The maximum absolute atomic E-state index is 12.1. The number of allylic oxidation sites excluding steroid dienone is 1. The number of aromatic nitrogens is 2. The predicted molar refractivity (Wildman–Crippen MR) is 91.7 cm³/mol. The van der Waals surface area contributed by atoms with Gasteiger partial charge in [0.2, 0.25) is 11.8 Å². The van der Waals surface area contributed by atoms with Gasteiger partial charge < -0.3 is 19.6 Å². The van der Waals surface area contributed by atoms with Gasteiger partial charge in [-0.25, -0.2) is 4.79 Å². The van der Waals surface area contributed by atoms with Crippen molar-refractivity contribution in [3.8, 4) is 17.7 Å². The summed E-state index contributed by atoms with van der Waals surface area (Å²) in [4.78, 5) is 12.1. The van der Waals surface area contributed by atoms with Crippen LogP contribution in [0.1, 0.15) is 22.7 Å². The van der Waals surface area contributed by atoms with Gasteiger partial charge in [0.05, 0.1) is 13.0 Å². The van der Waals surface area contributed by atoms with Gasteiger partial charge in [-0.05, 0) is 30.7 Å². The molecule has 1 atom stereocenters. The van der Waals surface area contributed by atoms with E-state index in [1.165, 1.54) is 6.07 Å². The van der Waals surface area contributed by atoms with E-state index in [0.717, 1.165) is 5.69 Å². The van der Waals surface area contributed by atoms with Gasteiger partial charge in [-0.15, -0.1) is 5.10 Å². The molecule has 130 valence electrons. The maximum Gasteiger partial charge on any atom is 0.336 e. The van der Waals surface area contributed by atoms with E-state index in [9.17, 15) is 10.1 Å². The van der Waals surface area contributed by atoms with Crippen LogP contribution < -0.4 is 20.8 Å². The third kappa shape index (κ3) is 2.22. The molecule has 8 nitrogen and oxygen atoms in total. The van der Waals surface area contributed by atoms with E-state index in [0.29, 0.717) is 27.8 Å². The number of H-pyrrole nitrogens is 1. The number of benzene rings is 1. The monoisotopic (exact) mass is 350 g/mol. The van der Waals surface area contributed by atoms with E-state index in [2.05, 4.69) is 16.3 Å². The molecular weight excluding hydrogens is 336 g/mol. The summed E-state index contributed by atoms with van der Waals surface area (Å²) in [7, 11) is 1.55. The molecule has 0 saturated carbocycles. The summed E-state index contributed by atoms with van der Waals surface area (Å²) in [5.41, 5.74) is 7.95. The first-order valence-corrected chi connectivity index (χ1v) is 7.77. The molecule has 3 heterocycles. The number of hydrogen-bond acceptors (Lipinski definition) is 7. The highest BCUT2D eigenvalue weighted by molar-refractivity contribution is 5.84. The van der Waals surface area contributed by atoms with Crippen LogP contribution in [0.5, 0.6) is 11.6 Å². The van der Waals surface area contributed by atoms with Crippen molar-refractivity contribution < 1.29 is 13.9 Å². The Morgan fingerprint density at radius 2 is 2.19 bits per heavy atom. The molecule has 8 heteroatoms. The molecule has 0 spiro atoms. The highest BCUT2D eigenvalue weighted by atomic mass is 16.5. The second-order valence-electron chi connectivity index (χ2n) is 5.88. The minimum atomic E-state index is -0.610. The van der Waals surface area contributed by atoms with Crippen LogP contribution in [0, 0.1) is 18.3 Å². The summed E-state index contributed by atoms with van der Waals surface area (Å²) in [5.74, 6) is 0.231. The zero-order valence-electron chi connectivity index (χ0n) is 14.0. The molecule has 1 aromatic carbocycles. The van der Waals surface area contributed by atoms with E-state index >= 15 is 0 Å². The second kappa shape index (κ2) is 5.67. The Morgan fingerprint density at radius 1 is 1.38 bits per heavy atom. The standard InChI is InChI=1S/C18H14N4O4/c1-8-15-16(12(7-19)17(20)26-18(15)22-21-8)11-6-14(23)25-13-4-3-9(24-2)5-10(11)13/h3-6,16H,20H2,1-2H3,(H,21,22). The Balaban J connectivity index is 2.10. The van der Waals surface area contributed by atoms with Gasteiger partial charge in [-0.2, -0.15) is 5.26 Å². The SMILES string of the molecule is COc1ccc2oc(=O)cc(C3C(C#N)=C(N)Oc4n[nH]c(C)c43)c2c1. The molecule has 2 aromatic heterocycles. The Bertz CT molecular complexity index is 1170. The number of nitrogens with two attached hydrogens (primary N) is 1. The van der Waals surface area contributed by atoms with E-state index in [1.807, 2.05) is 6.92 Å². The van der Waals surface area contributed by atoms with Gasteiger partial charge in [0, 0.05) is 22.7 Å². The van der Waals surface area contributed by atoms with Crippen LogP contribution >= 0.6 is 0 Å². The summed E-state index contributed by atoms with van der Waals surface area (Å²) < 4.78 is 16.0. The van der Waals surface area contributed by atoms with Crippen molar-refractivity contribution in [3.05, 3.63) is 63.0 Å². The fourth-order valence-corrected chi connectivity index (χ4v) is 3.24. The molecule has 1 unspecified atom stereocenters. The van der Waals surface area contributed by atoms with Crippen molar-refractivity contribution in [2.24, 2.45) is 5.73 Å². The molecule has 1 aliphatic rings. The van der Waals surface area contributed by atoms with Gasteiger partial charge in [-0.1, -0.05) is 0 Å². The van der Waals surface area contributed by atoms with Crippen molar-refractivity contribution >= 4 is 11.0 Å². The number of ether oxygens (including phenoxy) is 2. The molecule has 26 heavy (non-hydrogen) atoms.